The number of nitrogens with two attached hydrogens (primary N) is 1. The predicted octanol–water partition coefficient (Wildman–Crippen LogP) is 0.704. The lowest BCUT2D eigenvalue weighted by atomic mass is 10.1. The maximum atomic E-state index is 12.0. The second-order valence-corrected chi connectivity index (χ2v) is 6.55. The number of carbonyl (C=O) groups excluding carboxylic acids is 1. The quantitative estimate of drug-likeness (QED) is 0.796. The molecule has 94 valence electrons. The fourth-order valence-corrected chi connectivity index (χ4v) is 2.83. The van der Waals surface area contributed by atoms with E-state index in [2.05, 4.69) is 13.8 Å². The van der Waals surface area contributed by atoms with E-state index in [9.17, 15) is 4.79 Å². The van der Waals surface area contributed by atoms with Crippen LogP contribution >= 0.6 is 11.8 Å². The van der Waals surface area contributed by atoms with E-state index in [1.54, 1.807) is 7.11 Å². The third kappa shape index (κ3) is 3.96. The third-order valence-corrected chi connectivity index (χ3v) is 4.19. The molecule has 16 heavy (non-hydrogen) atoms. The molecule has 1 rings (SSSR count). The van der Waals surface area contributed by atoms with Crippen LogP contribution in [0, 0.1) is 0 Å². The zero-order chi connectivity index (χ0) is 12.2. The fourth-order valence-electron chi connectivity index (χ4n) is 1.73. The second-order valence-electron chi connectivity index (χ2n) is 4.75. The monoisotopic (exact) mass is 246 g/mol. The summed E-state index contributed by atoms with van der Waals surface area (Å²) in [6.45, 7) is 6.34. The molecule has 1 fully saturated rings. The highest BCUT2D eigenvalue weighted by atomic mass is 32.2. The van der Waals surface area contributed by atoms with Crippen LogP contribution in [0.4, 0.5) is 0 Å². The van der Waals surface area contributed by atoms with Crippen LogP contribution in [0.5, 0.6) is 0 Å². The Labute approximate surface area is 102 Å². The van der Waals surface area contributed by atoms with Gasteiger partial charge in [-0.15, -0.1) is 0 Å². The molecule has 2 N–H and O–H groups in total. The minimum absolute atomic E-state index is 0.0140. The first-order valence-electron chi connectivity index (χ1n) is 5.63. The number of methoxy groups -OCH3 is 1. The lowest BCUT2D eigenvalue weighted by molar-refractivity contribution is -0.133. The number of hydrogen-bond acceptors (Lipinski definition) is 4. The molecule has 0 saturated carbocycles. The van der Waals surface area contributed by atoms with Crippen molar-refractivity contribution in [3.63, 3.8) is 0 Å². The van der Waals surface area contributed by atoms with E-state index in [1.807, 2.05) is 16.7 Å². The average Bonchev–Trinajstić information content (AvgIpc) is 2.39. The van der Waals surface area contributed by atoms with Gasteiger partial charge in [-0.1, -0.05) is 13.8 Å². The van der Waals surface area contributed by atoms with E-state index in [1.165, 1.54) is 0 Å². The van der Waals surface area contributed by atoms with Crippen molar-refractivity contribution in [3.05, 3.63) is 0 Å². The molecule has 0 aromatic heterocycles. The highest BCUT2D eigenvalue weighted by molar-refractivity contribution is 8.00. The largest absolute Gasteiger partial charge is 0.383 e. The molecule has 1 aliphatic heterocycles. The van der Waals surface area contributed by atoms with Crippen molar-refractivity contribution in [2.45, 2.75) is 31.1 Å². The molecule has 0 aliphatic carbocycles. The summed E-state index contributed by atoms with van der Waals surface area (Å²) in [5.74, 6) is 0.999. The van der Waals surface area contributed by atoms with E-state index in [0.29, 0.717) is 6.61 Å². The molecule has 1 amide bonds. The van der Waals surface area contributed by atoms with Crippen molar-refractivity contribution in [2.24, 2.45) is 5.73 Å². The van der Waals surface area contributed by atoms with Crippen LogP contribution in [0.25, 0.3) is 0 Å². The molecular formula is C11H22N2O2S. The normalized spacial score (nSPS) is 22.6. The van der Waals surface area contributed by atoms with Crippen LogP contribution in [0.1, 0.15) is 20.3 Å². The SMILES string of the molecule is COCC(N)C(=O)N1CCSC(C)(C)CC1. The molecular weight excluding hydrogens is 224 g/mol. The van der Waals surface area contributed by atoms with Crippen molar-refractivity contribution in [1.29, 1.82) is 0 Å². The summed E-state index contributed by atoms with van der Waals surface area (Å²) in [5.41, 5.74) is 5.75. The fraction of sp³-hybridized carbons (Fsp3) is 0.909. The van der Waals surface area contributed by atoms with E-state index in [4.69, 9.17) is 10.5 Å². The van der Waals surface area contributed by atoms with Gasteiger partial charge in [-0.2, -0.15) is 11.8 Å². The number of amides is 1. The van der Waals surface area contributed by atoms with Gasteiger partial charge >= 0.3 is 0 Å². The van der Waals surface area contributed by atoms with Gasteiger partial charge in [-0.05, 0) is 6.42 Å². The molecule has 0 aromatic carbocycles. The van der Waals surface area contributed by atoms with Crippen LogP contribution in [0.15, 0.2) is 0 Å². The first kappa shape index (κ1) is 13.8. The number of thioether (sulfide) groups is 1. The summed E-state index contributed by atoms with van der Waals surface area (Å²) < 4.78 is 5.17. The van der Waals surface area contributed by atoms with Gasteiger partial charge in [0.25, 0.3) is 0 Å². The molecule has 1 heterocycles. The molecule has 1 atom stereocenters. The summed E-state index contributed by atoms with van der Waals surface area (Å²) in [7, 11) is 1.56. The first-order valence-corrected chi connectivity index (χ1v) is 6.62. The Morgan fingerprint density at radius 2 is 2.25 bits per heavy atom. The maximum Gasteiger partial charge on any atom is 0.241 e. The van der Waals surface area contributed by atoms with Gasteiger partial charge in [-0.3, -0.25) is 4.79 Å². The molecule has 5 heteroatoms. The number of carbonyl (C=O) groups is 1. The zero-order valence-electron chi connectivity index (χ0n) is 10.4. The number of hydrogen-bond donors (Lipinski definition) is 1. The maximum absolute atomic E-state index is 12.0. The van der Waals surface area contributed by atoms with Gasteiger partial charge in [0.05, 0.1) is 6.61 Å². The summed E-state index contributed by atoms with van der Waals surface area (Å²) in [4.78, 5) is 13.8. The summed E-state index contributed by atoms with van der Waals surface area (Å²) in [6, 6.07) is -0.517. The molecule has 0 bridgehead atoms. The molecule has 1 saturated heterocycles. The van der Waals surface area contributed by atoms with Gasteiger partial charge in [0.15, 0.2) is 0 Å². The zero-order valence-corrected chi connectivity index (χ0v) is 11.2. The van der Waals surface area contributed by atoms with Crippen LogP contribution in [-0.4, -0.2) is 54.2 Å². The highest BCUT2D eigenvalue weighted by Gasteiger charge is 2.28. The smallest absolute Gasteiger partial charge is 0.241 e. The number of ether oxygens (including phenoxy) is 1. The van der Waals surface area contributed by atoms with Crippen LogP contribution < -0.4 is 5.73 Å². The van der Waals surface area contributed by atoms with Gasteiger partial charge in [0, 0.05) is 30.7 Å². The molecule has 0 radical (unpaired) electrons. The van der Waals surface area contributed by atoms with Crippen molar-refractivity contribution in [3.8, 4) is 0 Å². The van der Waals surface area contributed by atoms with Gasteiger partial charge in [-0.25, -0.2) is 0 Å². The van der Waals surface area contributed by atoms with E-state index in [-0.39, 0.29) is 10.7 Å². The Morgan fingerprint density at radius 3 is 2.88 bits per heavy atom. The summed E-state index contributed by atoms with van der Waals surface area (Å²) in [5, 5.41) is 0. The Bertz CT molecular complexity index is 246. The Hall–Kier alpha value is -0.260. The molecule has 0 aromatic rings. The molecule has 1 unspecified atom stereocenters. The summed E-state index contributed by atoms with van der Waals surface area (Å²) >= 11 is 1.92. The average molecular weight is 246 g/mol. The Balaban J connectivity index is 2.51. The van der Waals surface area contributed by atoms with E-state index < -0.39 is 6.04 Å². The third-order valence-electron chi connectivity index (χ3n) is 2.81. The van der Waals surface area contributed by atoms with Gasteiger partial charge in [0.1, 0.15) is 6.04 Å². The lowest BCUT2D eigenvalue weighted by Gasteiger charge is -2.24. The first-order chi connectivity index (χ1) is 7.46. The summed E-state index contributed by atoms with van der Waals surface area (Å²) in [6.07, 6.45) is 1.02. The molecule has 1 aliphatic rings. The second kappa shape index (κ2) is 5.89. The van der Waals surface area contributed by atoms with Crippen LogP contribution in [0.3, 0.4) is 0 Å². The minimum atomic E-state index is -0.517. The van der Waals surface area contributed by atoms with E-state index >= 15 is 0 Å². The highest BCUT2D eigenvalue weighted by Crippen LogP contribution is 2.30. The molecule has 4 nitrogen and oxygen atoms in total. The minimum Gasteiger partial charge on any atom is -0.383 e. The van der Waals surface area contributed by atoms with Crippen molar-refractivity contribution in [2.75, 3.05) is 32.6 Å². The standard InChI is InChI=1S/C11H22N2O2S/c1-11(2)4-5-13(6-7-16-11)10(14)9(12)8-15-3/h9H,4-8,12H2,1-3H3. The Kier molecular flexibility index (Phi) is 5.08. The topological polar surface area (TPSA) is 55.6 Å². The Morgan fingerprint density at radius 1 is 1.56 bits per heavy atom. The predicted molar refractivity (Wildman–Crippen MR) is 67.6 cm³/mol. The lowest BCUT2D eigenvalue weighted by Crippen LogP contribution is -2.47. The van der Waals surface area contributed by atoms with Crippen molar-refractivity contribution >= 4 is 17.7 Å². The number of rotatable bonds is 3. The molecule has 0 spiro atoms. The van der Waals surface area contributed by atoms with Crippen molar-refractivity contribution in [1.82, 2.24) is 4.90 Å². The van der Waals surface area contributed by atoms with Gasteiger partial charge in [0.2, 0.25) is 5.91 Å². The van der Waals surface area contributed by atoms with Crippen LogP contribution in [-0.2, 0) is 9.53 Å². The van der Waals surface area contributed by atoms with Crippen molar-refractivity contribution < 1.29 is 9.53 Å². The number of nitrogens with zero attached hydrogens (tertiary/aromatic N) is 1. The van der Waals surface area contributed by atoms with E-state index in [0.717, 1.165) is 25.3 Å². The van der Waals surface area contributed by atoms with Crippen LogP contribution in [0.2, 0.25) is 0 Å². The van der Waals surface area contributed by atoms with Gasteiger partial charge < -0.3 is 15.4 Å².